The zero-order chi connectivity index (χ0) is 15.9. The van der Waals surface area contributed by atoms with Crippen LogP contribution in [0.5, 0.6) is 5.75 Å². The summed E-state index contributed by atoms with van der Waals surface area (Å²) in [5, 5.41) is 6.99. The van der Waals surface area contributed by atoms with Crippen molar-refractivity contribution in [1.82, 2.24) is 10.3 Å². The Morgan fingerprint density at radius 1 is 1.36 bits per heavy atom. The fourth-order valence-electron chi connectivity index (χ4n) is 1.73. The van der Waals surface area contributed by atoms with Gasteiger partial charge in [-0.1, -0.05) is 23.4 Å². The fraction of sp³-hybridized carbons (Fsp3) is 0.267. The number of benzene rings is 1. The molecule has 116 valence electrons. The third kappa shape index (κ3) is 4.34. The lowest BCUT2D eigenvalue weighted by atomic mass is 10.2. The summed E-state index contributed by atoms with van der Waals surface area (Å²) >= 11 is 0. The number of hydrogen-bond acceptors (Lipinski definition) is 5. The van der Waals surface area contributed by atoms with Gasteiger partial charge in [-0.15, -0.1) is 0 Å². The van der Waals surface area contributed by atoms with E-state index in [0.717, 1.165) is 10.9 Å². The molecule has 0 spiro atoms. The number of pyridine rings is 1. The molecule has 7 heteroatoms. The van der Waals surface area contributed by atoms with Gasteiger partial charge in [0.1, 0.15) is 17.9 Å². The van der Waals surface area contributed by atoms with E-state index in [9.17, 15) is 4.79 Å². The first-order valence-electron chi connectivity index (χ1n) is 6.82. The van der Waals surface area contributed by atoms with Crippen LogP contribution >= 0.6 is 0 Å². The third-order valence-electron chi connectivity index (χ3n) is 2.62. The first kappa shape index (κ1) is 15.6. The van der Waals surface area contributed by atoms with Gasteiger partial charge in [-0.3, -0.25) is 9.82 Å². The predicted molar refractivity (Wildman–Crippen MR) is 83.6 cm³/mol. The van der Waals surface area contributed by atoms with Gasteiger partial charge in [0.25, 0.3) is 0 Å². The SMILES string of the molecule is CC(C)NC(=O)ON=C(N)COc1cccc2cccnc12. The molecule has 7 nitrogen and oxygen atoms in total. The minimum atomic E-state index is -0.662. The molecule has 3 N–H and O–H groups in total. The Hall–Kier alpha value is -2.83. The van der Waals surface area contributed by atoms with E-state index in [4.69, 9.17) is 10.5 Å². The molecule has 0 radical (unpaired) electrons. The summed E-state index contributed by atoms with van der Waals surface area (Å²) in [5.41, 5.74) is 6.38. The van der Waals surface area contributed by atoms with E-state index in [1.54, 1.807) is 12.3 Å². The van der Waals surface area contributed by atoms with Crippen LogP contribution in [-0.2, 0) is 4.84 Å². The van der Waals surface area contributed by atoms with Crippen LogP contribution in [0.1, 0.15) is 13.8 Å². The van der Waals surface area contributed by atoms with E-state index in [1.807, 2.05) is 38.1 Å². The Labute approximate surface area is 128 Å². The molecule has 0 saturated carbocycles. The summed E-state index contributed by atoms with van der Waals surface area (Å²) in [7, 11) is 0. The van der Waals surface area contributed by atoms with E-state index < -0.39 is 6.09 Å². The number of fused-ring (bicyclic) bond motifs is 1. The molecule has 0 saturated heterocycles. The number of nitrogens with two attached hydrogens (primary N) is 1. The molecule has 0 fully saturated rings. The number of nitrogens with one attached hydrogen (secondary N) is 1. The summed E-state index contributed by atoms with van der Waals surface area (Å²) in [6.07, 6.45) is 1.02. The van der Waals surface area contributed by atoms with Gasteiger partial charge in [0.05, 0.1) is 0 Å². The topological polar surface area (TPSA) is 98.8 Å². The number of amides is 1. The van der Waals surface area contributed by atoms with Gasteiger partial charge in [-0.2, -0.15) is 0 Å². The van der Waals surface area contributed by atoms with Crippen molar-refractivity contribution >= 4 is 22.8 Å². The van der Waals surface area contributed by atoms with Crippen LogP contribution in [0.3, 0.4) is 0 Å². The quantitative estimate of drug-likeness (QED) is 0.381. The molecule has 2 aromatic rings. The van der Waals surface area contributed by atoms with E-state index in [1.165, 1.54) is 0 Å². The first-order chi connectivity index (χ1) is 10.6. The van der Waals surface area contributed by atoms with Crippen LogP contribution in [0.2, 0.25) is 0 Å². The van der Waals surface area contributed by atoms with Crippen LogP contribution in [0.15, 0.2) is 41.7 Å². The average molecular weight is 302 g/mol. The molecular weight excluding hydrogens is 284 g/mol. The number of amidine groups is 1. The van der Waals surface area contributed by atoms with Crippen molar-refractivity contribution in [2.24, 2.45) is 10.9 Å². The van der Waals surface area contributed by atoms with Crippen molar-refractivity contribution in [2.45, 2.75) is 19.9 Å². The van der Waals surface area contributed by atoms with Crippen molar-refractivity contribution in [3.05, 3.63) is 36.5 Å². The highest BCUT2D eigenvalue weighted by atomic mass is 16.7. The average Bonchev–Trinajstić information content (AvgIpc) is 2.50. The monoisotopic (exact) mass is 302 g/mol. The minimum absolute atomic E-state index is 0.00928. The Bertz CT molecular complexity index is 680. The molecule has 0 atom stereocenters. The maximum Gasteiger partial charge on any atom is 0.433 e. The van der Waals surface area contributed by atoms with Crippen LogP contribution < -0.4 is 15.8 Å². The molecule has 0 aliphatic rings. The number of hydrogen-bond donors (Lipinski definition) is 2. The lowest BCUT2D eigenvalue weighted by molar-refractivity contribution is 0.147. The van der Waals surface area contributed by atoms with Crippen molar-refractivity contribution in [3.63, 3.8) is 0 Å². The van der Waals surface area contributed by atoms with Gasteiger partial charge in [0.15, 0.2) is 5.84 Å². The number of carbonyl (C=O) groups excluding carboxylic acids is 1. The number of rotatable bonds is 5. The van der Waals surface area contributed by atoms with Crippen molar-refractivity contribution < 1.29 is 14.4 Å². The number of nitrogens with zero attached hydrogens (tertiary/aromatic N) is 2. The molecule has 1 amide bonds. The molecular formula is C15H18N4O3. The van der Waals surface area contributed by atoms with E-state index in [-0.39, 0.29) is 18.5 Å². The lowest BCUT2D eigenvalue weighted by Gasteiger charge is -2.08. The fourth-order valence-corrected chi connectivity index (χ4v) is 1.73. The van der Waals surface area contributed by atoms with Crippen LogP contribution in [0.4, 0.5) is 4.79 Å². The number of aromatic nitrogens is 1. The Morgan fingerprint density at radius 3 is 2.91 bits per heavy atom. The summed E-state index contributed by atoms with van der Waals surface area (Å²) in [5.74, 6) is 0.634. The molecule has 2 rings (SSSR count). The van der Waals surface area contributed by atoms with Crippen molar-refractivity contribution in [2.75, 3.05) is 6.61 Å². The third-order valence-corrected chi connectivity index (χ3v) is 2.62. The van der Waals surface area contributed by atoms with Crippen LogP contribution in [-0.4, -0.2) is 29.6 Å². The highest BCUT2D eigenvalue weighted by molar-refractivity contribution is 5.86. The van der Waals surface area contributed by atoms with Crippen molar-refractivity contribution in [3.8, 4) is 5.75 Å². The van der Waals surface area contributed by atoms with E-state index >= 15 is 0 Å². The van der Waals surface area contributed by atoms with Crippen LogP contribution in [0, 0.1) is 0 Å². The minimum Gasteiger partial charge on any atom is -0.483 e. The molecule has 1 aromatic heterocycles. The molecule has 1 heterocycles. The van der Waals surface area contributed by atoms with Crippen LogP contribution in [0.25, 0.3) is 10.9 Å². The second-order valence-electron chi connectivity index (χ2n) is 4.88. The highest BCUT2D eigenvalue weighted by Crippen LogP contribution is 2.22. The predicted octanol–water partition coefficient (Wildman–Crippen LogP) is 2.02. The lowest BCUT2D eigenvalue weighted by Crippen LogP contribution is -2.31. The number of para-hydroxylation sites is 1. The van der Waals surface area contributed by atoms with Gasteiger partial charge in [-0.25, -0.2) is 4.79 Å². The number of ether oxygens (including phenoxy) is 1. The molecule has 0 aliphatic heterocycles. The molecule has 0 unspecified atom stereocenters. The zero-order valence-electron chi connectivity index (χ0n) is 12.4. The summed E-state index contributed by atoms with van der Waals surface area (Å²) < 4.78 is 5.56. The van der Waals surface area contributed by atoms with Gasteiger partial charge >= 0.3 is 6.09 Å². The standard InChI is InChI=1S/C15H18N4O3/c1-10(2)18-15(20)22-19-13(16)9-21-12-7-3-5-11-6-4-8-17-14(11)12/h3-8,10H,9H2,1-2H3,(H2,16,19)(H,18,20). The zero-order valence-corrected chi connectivity index (χ0v) is 12.4. The molecule has 22 heavy (non-hydrogen) atoms. The maximum atomic E-state index is 11.3. The summed E-state index contributed by atoms with van der Waals surface area (Å²) in [4.78, 5) is 20.1. The highest BCUT2D eigenvalue weighted by Gasteiger charge is 2.06. The number of oxime groups is 1. The maximum absolute atomic E-state index is 11.3. The van der Waals surface area contributed by atoms with E-state index in [0.29, 0.717) is 5.75 Å². The summed E-state index contributed by atoms with van der Waals surface area (Å²) in [6, 6.07) is 9.33. The van der Waals surface area contributed by atoms with Gasteiger partial charge in [0.2, 0.25) is 0 Å². The first-order valence-corrected chi connectivity index (χ1v) is 6.82. The normalized spacial score (nSPS) is 11.5. The molecule has 1 aromatic carbocycles. The number of carbonyl (C=O) groups is 1. The Balaban J connectivity index is 1.95. The van der Waals surface area contributed by atoms with Gasteiger partial charge < -0.3 is 15.8 Å². The Kier molecular flexibility index (Phi) is 5.13. The summed E-state index contributed by atoms with van der Waals surface area (Å²) in [6.45, 7) is 3.61. The smallest absolute Gasteiger partial charge is 0.433 e. The largest absolute Gasteiger partial charge is 0.483 e. The van der Waals surface area contributed by atoms with Gasteiger partial charge in [0, 0.05) is 17.6 Å². The van der Waals surface area contributed by atoms with E-state index in [2.05, 4.69) is 20.3 Å². The van der Waals surface area contributed by atoms with Gasteiger partial charge in [-0.05, 0) is 26.0 Å². The Morgan fingerprint density at radius 2 is 2.14 bits per heavy atom. The second kappa shape index (κ2) is 7.26. The van der Waals surface area contributed by atoms with Crippen molar-refractivity contribution in [1.29, 1.82) is 0 Å². The second-order valence-corrected chi connectivity index (χ2v) is 4.88. The molecule has 0 aliphatic carbocycles. The molecule has 0 bridgehead atoms.